The van der Waals surface area contributed by atoms with Crippen LogP contribution in [0.1, 0.15) is 36.5 Å². The average molecular weight is 347 g/mol. The van der Waals surface area contributed by atoms with Gasteiger partial charge < -0.3 is 4.74 Å². The third kappa shape index (κ3) is 4.58. The van der Waals surface area contributed by atoms with Crippen LogP contribution in [0.3, 0.4) is 0 Å². The van der Waals surface area contributed by atoms with Gasteiger partial charge in [-0.05, 0) is 43.0 Å². The van der Waals surface area contributed by atoms with Gasteiger partial charge in [0.05, 0.1) is 4.90 Å². The van der Waals surface area contributed by atoms with Gasteiger partial charge in [0.25, 0.3) is 0 Å². The minimum Gasteiger partial charge on any atom is -0.492 e. The molecule has 0 saturated heterocycles. The molecule has 2 aromatic carbocycles. The largest absolute Gasteiger partial charge is 0.492 e. The lowest BCUT2D eigenvalue weighted by molar-refractivity contribution is 0.318. The minimum atomic E-state index is -3.52. The topological polar surface area (TPSA) is 55.4 Å². The van der Waals surface area contributed by atoms with E-state index in [0.717, 1.165) is 22.4 Å². The van der Waals surface area contributed by atoms with Crippen LogP contribution in [0.5, 0.6) is 5.75 Å². The van der Waals surface area contributed by atoms with Gasteiger partial charge in [0, 0.05) is 6.54 Å². The molecule has 0 aliphatic heterocycles. The number of nitrogens with one attached hydrogen (secondary N) is 1. The van der Waals surface area contributed by atoms with Crippen molar-refractivity contribution in [3.63, 3.8) is 0 Å². The van der Waals surface area contributed by atoms with E-state index in [1.54, 1.807) is 19.1 Å². The SMILES string of the molecule is Cc1ccc(S(=O)(=O)NCCOc2ccccc2C(C)C)c(C)c1. The van der Waals surface area contributed by atoms with Crippen LogP contribution < -0.4 is 9.46 Å². The number of sulfonamides is 1. The summed E-state index contributed by atoms with van der Waals surface area (Å²) in [6.45, 7) is 8.46. The van der Waals surface area contributed by atoms with Gasteiger partial charge in [0.15, 0.2) is 0 Å². The summed E-state index contributed by atoms with van der Waals surface area (Å²) < 4.78 is 33.1. The number of rotatable bonds is 7. The van der Waals surface area contributed by atoms with E-state index in [2.05, 4.69) is 18.6 Å². The predicted octanol–water partition coefficient (Wildman–Crippen LogP) is 3.78. The molecule has 0 aromatic heterocycles. The lowest BCUT2D eigenvalue weighted by Gasteiger charge is -2.14. The zero-order valence-electron chi connectivity index (χ0n) is 14.7. The van der Waals surface area contributed by atoms with Gasteiger partial charge in [0.2, 0.25) is 10.0 Å². The molecule has 24 heavy (non-hydrogen) atoms. The number of aryl methyl sites for hydroxylation is 2. The first-order valence-electron chi connectivity index (χ1n) is 8.10. The average Bonchev–Trinajstić information content (AvgIpc) is 2.51. The van der Waals surface area contributed by atoms with E-state index in [1.165, 1.54) is 0 Å². The molecule has 2 rings (SSSR count). The summed E-state index contributed by atoms with van der Waals surface area (Å²) in [5.41, 5.74) is 2.91. The van der Waals surface area contributed by atoms with Gasteiger partial charge >= 0.3 is 0 Å². The highest BCUT2D eigenvalue weighted by molar-refractivity contribution is 7.89. The second kappa shape index (κ2) is 7.81. The molecule has 0 bridgehead atoms. The first-order chi connectivity index (χ1) is 11.3. The van der Waals surface area contributed by atoms with E-state index in [4.69, 9.17) is 4.74 Å². The Labute approximate surface area is 144 Å². The molecule has 0 radical (unpaired) electrons. The molecule has 0 spiro atoms. The Bertz CT molecular complexity index is 798. The lowest BCUT2D eigenvalue weighted by Crippen LogP contribution is -2.29. The monoisotopic (exact) mass is 347 g/mol. The normalized spacial score (nSPS) is 11.7. The van der Waals surface area contributed by atoms with Crippen LogP contribution in [0.2, 0.25) is 0 Å². The predicted molar refractivity (Wildman–Crippen MR) is 97.1 cm³/mol. The van der Waals surface area contributed by atoms with Crippen molar-refractivity contribution < 1.29 is 13.2 Å². The third-order valence-corrected chi connectivity index (χ3v) is 5.43. The molecule has 130 valence electrons. The summed E-state index contributed by atoms with van der Waals surface area (Å²) in [7, 11) is -3.52. The quantitative estimate of drug-likeness (QED) is 0.776. The van der Waals surface area contributed by atoms with Gasteiger partial charge in [-0.15, -0.1) is 0 Å². The van der Waals surface area contributed by atoms with Gasteiger partial charge in [-0.1, -0.05) is 49.7 Å². The summed E-state index contributed by atoms with van der Waals surface area (Å²) in [6, 6.07) is 13.1. The Morgan fingerprint density at radius 1 is 1.08 bits per heavy atom. The van der Waals surface area contributed by atoms with Crippen LogP contribution in [-0.2, 0) is 10.0 Å². The zero-order chi connectivity index (χ0) is 17.7. The molecule has 0 saturated carbocycles. The van der Waals surface area contributed by atoms with E-state index in [1.807, 2.05) is 37.3 Å². The molecule has 2 aromatic rings. The Balaban J connectivity index is 1.97. The van der Waals surface area contributed by atoms with Crippen molar-refractivity contribution >= 4 is 10.0 Å². The number of hydrogen-bond donors (Lipinski definition) is 1. The molecular formula is C19H25NO3S. The van der Waals surface area contributed by atoms with Crippen molar-refractivity contribution in [3.8, 4) is 5.75 Å². The van der Waals surface area contributed by atoms with Crippen LogP contribution in [-0.4, -0.2) is 21.6 Å². The summed E-state index contributed by atoms with van der Waals surface area (Å²) in [5, 5.41) is 0. The molecule has 0 heterocycles. The number of para-hydroxylation sites is 1. The van der Waals surface area contributed by atoms with E-state index in [9.17, 15) is 8.42 Å². The maximum absolute atomic E-state index is 12.4. The maximum Gasteiger partial charge on any atom is 0.240 e. The molecule has 0 amide bonds. The highest BCUT2D eigenvalue weighted by Gasteiger charge is 2.16. The lowest BCUT2D eigenvalue weighted by atomic mass is 10.0. The smallest absolute Gasteiger partial charge is 0.240 e. The fraction of sp³-hybridized carbons (Fsp3) is 0.368. The highest BCUT2D eigenvalue weighted by Crippen LogP contribution is 2.25. The van der Waals surface area contributed by atoms with Crippen molar-refractivity contribution in [3.05, 3.63) is 59.2 Å². The van der Waals surface area contributed by atoms with Crippen molar-refractivity contribution in [2.24, 2.45) is 0 Å². The highest BCUT2D eigenvalue weighted by atomic mass is 32.2. The zero-order valence-corrected chi connectivity index (χ0v) is 15.5. The first kappa shape index (κ1) is 18.5. The van der Waals surface area contributed by atoms with E-state index in [-0.39, 0.29) is 13.2 Å². The van der Waals surface area contributed by atoms with Crippen LogP contribution in [0.15, 0.2) is 47.4 Å². The second-order valence-corrected chi connectivity index (χ2v) is 7.94. The molecular weight excluding hydrogens is 322 g/mol. The summed E-state index contributed by atoms with van der Waals surface area (Å²) in [4.78, 5) is 0.315. The van der Waals surface area contributed by atoms with Crippen molar-refractivity contribution in [2.75, 3.05) is 13.2 Å². The molecule has 0 atom stereocenters. The molecule has 0 fully saturated rings. The van der Waals surface area contributed by atoms with Crippen molar-refractivity contribution in [1.29, 1.82) is 0 Å². The molecule has 1 N–H and O–H groups in total. The third-order valence-electron chi connectivity index (χ3n) is 3.81. The molecule has 0 aliphatic rings. The Morgan fingerprint density at radius 2 is 1.79 bits per heavy atom. The van der Waals surface area contributed by atoms with Gasteiger partial charge in [0.1, 0.15) is 12.4 Å². The number of benzene rings is 2. The van der Waals surface area contributed by atoms with Crippen LogP contribution >= 0.6 is 0 Å². The minimum absolute atomic E-state index is 0.224. The second-order valence-electron chi connectivity index (χ2n) is 6.21. The van der Waals surface area contributed by atoms with E-state index in [0.29, 0.717) is 10.8 Å². The standard InChI is InChI=1S/C19H25NO3S/c1-14(2)17-7-5-6-8-18(17)23-12-11-20-24(21,22)19-10-9-15(3)13-16(19)4/h5-10,13-14,20H,11-12H2,1-4H3. The fourth-order valence-corrected chi connectivity index (χ4v) is 3.84. The Hall–Kier alpha value is -1.85. The van der Waals surface area contributed by atoms with E-state index >= 15 is 0 Å². The fourth-order valence-electron chi connectivity index (χ4n) is 2.60. The molecule has 0 unspecified atom stereocenters. The molecule has 0 aliphatic carbocycles. The summed E-state index contributed by atoms with van der Waals surface area (Å²) in [6.07, 6.45) is 0. The van der Waals surface area contributed by atoms with Gasteiger partial charge in [-0.25, -0.2) is 13.1 Å². The van der Waals surface area contributed by atoms with E-state index < -0.39 is 10.0 Å². The summed E-state index contributed by atoms with van der Waals surface area (Å²) >= 11 is 0. The van der Waals surface area contributed by atoms with Gasteiger partial charge in [-0.3, -0.25) is 0 Å². The number of hydrogen-bond acceptors (Lipinski definition) is 3. The first-order valence-corrected chi connectivity index (χ1v) is 9.58. The molecule has 4 nitrogen and oxygen atoms in total. The summed E-state index contributed by atoms with van der Waals surface area (Å²) in [5.74, 6) is 1.16. The van der Waals surface area contributed by atoms with Crippen LogP contribution in [0.25, 0.3) is 0 Å². The van der Waals surface area contributed by atoms with Crippen molar-refractivity contribution in [1.82, 2.24) is 4.72 Å². The number of ether oxygens (including phenoxy) is 1. The maximum atomic E-state index is 12.4. The Morgan fingerprint density at radius 3 is 2.46 bits per heavy atom. The van der Waals surface area contributed by atoms with Crippen LogP contribution in [0.4, 0.5) is 0 Å². The van der Waals surface area contributed by atoms with Crippen LogP contribution in [0, 0.1) is 13.8 Å². The van der Waals surface area contributed by atoms with Crippen molar-refractivity contribution in [2.45, 2.75) is 38.5 Å². The molecule has 5 heteroatoms. The Kier molecular flexibility index (Phi) is 6.02. The van der Waals surface area contributed by atoms with Gasteiger partial charge in [-0.2, -0.15) is 0 Å².